The topological polar surface area (TPSA) is 74.3 Å². The molecule has 0 fully saturated rings. The molecule has 2 amide bonds. The highest BCUT2D eigenvalue weighted by Crippen LogP contribution is 2.17. The van der Waals surface area contributed by atoms with Crippen LogP contribution in [-0.4, -0.2) is 35.9 Å². The summed E-state index contributed by atoms with van der Waals surface area (Å²) in [4.78, 5) is 30.4. The van der Waals surface area contributed by atoms with Crippen molar-refractivity contribution in [3.63, 3.8) is 0 Å². The smallest absolute Gasteiger partial charge is 0.257 e. The second-order valence-corrected chi connectivity index (χ2v) is 6.54. The molecule has 0 spiro atoms. The van der Waals surface area contributed by atoms with Crippen molar-refractivity contribution in [3.8, 4) is 0 Å². The van der Waals surface area contributed by atoms with E-state index in [0.29, 0.717) is 28.6 Å². The lowest BCUT2D eigenvalue weighted by atomic mass is 10.2. The standard InChI is InChI=1S/C19H23ClN4O2/c1-4-24(12-18(25)22-13(2)3)17-9-8-14(11-21-17)19(26)23-16-7-5-6-15(20)10-16/h5-11,13H,4,12H2,1-3H3,(H,22,25)(H,23,26). The van der Waals surface area contributed by atoms with E-state index >= 15 is 0 Å². The van der Waals surface area contributed by atoms with Crippen molar-refractivity contribution in [3.05, 3.63) is 53.2 Å². The quantitative estimate of drug-likeness (QED) is 0.779. The molecule has 7 heteroatoms. The SMILES string of the molecule is CCN(CC(=O)NC(C)C)c1ccc(C(=O)Nc2cccc(Cl)c2)cn1. The molecule has 2 aromatic rings. The van der Waals surface area contributed by atoms with Crippen LogP contribution in [0.3, 0.4) is 0 Å². The largest absolute Gasteiger partial charge is 0.352 e. The van der Waals surface area contributed by atoms with E-state index in [9.17, 15) is 9.59 Å². The van der Waals surface area contributed by atoms with Gasteiger partial charge in [-0.05, 0) is 51.1 Å². The molecule has 0 saturated heterocycles. The number of anilines is 2. The van der Waals surface area contributed by atoms with Gasteiger partial charge in [-0.1, -0.05) is 17.7 Å². The summed E-state index contributed by atoms with van der Waals surface area (Å²) in [7, 11) is 0. The normalized spacial score (nSPS) is 10.5. The number of carbonyl (C=O) groups excluding carboxylic acids is 2. The first kappa shape index (κ1) is 19.7. The van der Waals surface area contributed by atoms with E-state index in [1.54, 1.807) is 36.4 Å². The second-order valence-electron chi connectivity index (χ2n) is 6.11. The van der Waals surface area contributed by atoms with Crippen LogP contribution in [0.5, 0.6) is 0 Å². The first-order valence-corrected chi connectivity index (χ1v) is 8.84. The number of rotatable bonds is 7. The number of hydrogen-bond acceptors (Lipinski definition) is 4. The molecule has 6 nitrogen and oxygen atoms in total. The van der Waals surface area contributed by atoms with E-state index in [0.717, 1.165) is 0 Å². The monoisotopic (exact) mass is 374 g/mol. The molecular weight excluding hydrogens is 352 g/mol. The average Bonchev–Trinajstić information content (AvgIpc) is 2.59. The summed E-state index contributed by atoms with van der Waals surface area (Å²) in [5, 5.41) is 6.18. The van der Waals surface area contributed by atoms with Gasteiger partial charge in [-0.15, -0.1) is 0 Å². The van der Waals surface area contributed by atoms with Crippen LogP contribution in [0, 0.1) is 0 Å². The van der Waals surface area contributed by atoms with Gasteiger partial charge in [0.05, 0.1) is 12.1 Å². The number of likely N-dealkylation sites (N-methyl/N-ethyl adjacent to an activating group) is 1. The first-order valence-electron chi connectivity index (χ1n) is 8.46. The molecule has 0 unspecified atom stereocenters. The van der Waals surface area contributed by atoms with Crippen molar-refractivity contribution in [1.29, 1.82) is 0 Å². The van der Waals surface area contributed by atoms with Crippen LogP contribution < -0.4 is 15.5 Å². The van der Waals surface area contributed by atoms with Gasteiger partial charge >= 0.3 is 0 Å². The van der Waals surface area contributed by atoms with E-state index in [1.165, 1.54) is 6.20 Å². The number of nitrogens with one attached hydrogen (secondary N) is 2. The van der Waals surface area contributed by atoms with Gasteiger partial charge in [0.1, 0.15) is 5.82 Å². The minimum atomic E-state index is -0.271. The van der Waals surface area contributed by atoms with Crippen LogP contribution in [0.1, 0.15) is 31.1 Å². The molecule has 0 atom stereocenters. The summed E-state index contributed by atoms with van der Waals surface area (Å²) in [6.45, 7) is 6.63. The molecule has 0 aliphatic rings. The first-order chi connectivity index (χ1) is 12.4. The third-order valence-corrected chi connectivity index (χ3v) is 3.82. The molecule has 138 valence electrons. The number of pyridine rings is 1. The Kier molecular flexibility index (Phi) is 6.97. The van der Waals surface area contributed by atoms with Crippen LogP contribution in [0.2, 0.25) is 5.02 Å². The van der Waals surface area contributed by atoms with E-state index in [2.05, 4.69) is 15.6 Å². The summed E-state index contributed by atoms with van der Waals surface area (Å²) in [5.74, 6) is 0.309. The van der Waals surface area contributed by atoms with E-state index < -0.39 is 0 Å². The summed E-state index contributed by atoms with van der Waals surface area (Å²) >= 11 is 5.92. The van der Waals surface area contributed by atoms with Crippen LogP contribution in [-0.2, 0) is 4.79 Å². The van der Waals surface area contributed by atoms with E-state index in [-0.39, 0.29) is 24.4 Å². The van der Waals surface area contributed by atoms with Crippen molar-refractivity contribution in [2.24, 2.45) is 0 Å². The highest BCUT2D eigenvalue weighted by atomic mass is 35.5. The summed E-state index contributed by atoms with van der Waals surface area (Å²) in [6, 6.07) is 10.4. The maximum Gasteiger partial charge on any atom is 0.257 e. The van der Waals surface area contributed by atoms with Gasteiger partial charge in [0.15, 0.2) is 0 Å². The lowest BCUT2D eigenvalue weighted by Crippen LogP contribution is -2.40. The third-order valence-electron chi connectivity index (χ3n) is 3.58. The molecule has 26 heavy (non-hydrogen) atoms. The van der Waals surface area contributed by atoms with E-state index in [1.807, 2.05) is 25.7 Å². The highest BCUT2D eigenvalue weighted by Gasteiger charge is 2.13. The van der Waals surface area contributed by atoms with Gasteiger partial charge in [-0.25, -0.2) is 4.98 Å². The summed E-state index contributed by atoms with van der Waals surface area (Å²) in [5.41, 5.74) is 1.04. The Labute approximate surface area is 158 Å². The Bertz CT molecular complexity index is 762. The maximum absolute atomic E-state index is 12.3. The van der Waals surface area contributed by atoms with Gasteiger partial charge in [0.25, 0.3) is 5.91 Å². The summed E-state index contributed by atoms with van der Waals surface area (Å²) < 4.78 is 0. The zero-order chi connectivity index (χ0) is 19.1. The van der Waals surface area contributed by atoms with Crippen molar-refractivity contribution in [2.75, 3.05) is 23.3 Å². The molecule has 1 heterocycles. The zero-order valence-corrected chi connectivity index (χ0v) is 15.9. The van der Waals surface area contributed by atoms with Crippen LogP contribution >= 0.6 is 11.6 Å². The number of benzene rings is 1. The van der Waals surface area contributed by atoms with Gasteiger partial charge in [0.2, 0.25) is 5.91 Å². The molecule has 0 aliphatic heterocycles. The summed E-state index contributed by atoms with van der Waals surface area (Å²) in [6.07, 6.45) is 1.50. The molecule has 1 aromatic carbocycles. The van der Waals surface area contributed by atoms with Crippen LogP contribution in [0.4, 0.5) is 11.5 Å². The van der Waals surface area contributed by atoms with Gasteiger partial charge in [-0.3, -0.25) is 9.59 Å². The number of carbonyl (C=O) groups is 2. The molecule has 0 saturated carbocycles. The van der Waals surface area contributed by atoms with Gasteiger partial charge in [-0.2, -0.15) is 0 Å². The minimum absolute atomic E-state index is 0.0635. The Morgan fingerprint density at radius 1 is 1.23 bits per heavy atom. The molecular formula is C19H23ClN4O2. The molecule has 0 radical (unpaired) electrons. The predicted molar refractivity (Wildman–Crippen MR) is 105 cm³/mol. The number of nitrogens with zero attached hydrogens (tertiary/aromatic N) is 2. The van der Waals surface area contributed by atoms with Crippen LogP contribution in [0.25, 0.3) is 0 Å². The molecule has 1 aromatic heterocycles. The second kappa shape index (κ2) is 9.20. The maximum atomic E-state index is 12.3. The lowest BCUT2D eigenvalue weighted by Gasteiger charge is -2.22. The highest BCUT2D eigenvalue weighted by molar-refractivity contribution is 6.30. The number of halogens is 1. The van der Waals surface area contributed by atoms with Crippen molar-refractivity contribution >= 4 is 34.9 Å². The van der Waals surface area contributed by atoms with Crippen molar-refractivity contribution in [2.45, 2.75) is 26.8 Å². The molecule has 0 aliphatic carbocycles. The number of amides is 2. The number of hydrogen-bond donors (Lipinski definition) is 2. The van der Waals surface area contributed by atoms with E-state index in [4.69, 9.17) is 11.6 Å². The minimum Gasteiger partial charge on any atom is -0.352 e. The van der Waals surface area contributed by atoms with Crippen molar-refractivity contribution < 1.29 is 9.59 Å². The molecule has 2 N–H and O–H groups in total. The third kappa shape index (κ3) is 5.74. The Hall–Kier alpha value is -2.60. The van der Waals surface area contributed by atoms with Gasteiger partial charge < -0.3 is 15.5 Å². The molecule has 2 rings (SSSR count). The Morgan fingerprint density at radius 2 is 2.00 bits per heavy atom. The fourth-order valence-corrected chi connectivity index (χ4v) is 2.56. The van der Waals surface area contributed by atoms with Gasteiger partial charge in [0, 0.05) is 29.5 Å². The Balaban J connectivity index is 2.03. The Morgan fingerprint density at radius 3 is 2.58 bits per heavy atom. The number of aromatic nitrogens is 1. The fourth-order valence-electron chi connectivity index (χ4n) is 2.37. The average molecular weight is 375 g/mol. The predicted octanol–water partition coefficient (Wildman–Crippen LogP) is 3.34. The zero-order valence-electron chi connectivity index (χ0n) is 15.1. The molecule has 0 bridgehead atoms. The fraction of sp³-hybridized carbons (Fsp3) is 0.316. The van der Waals surface area contributed by atoms with Crippen LogP contribution in [0.15, 0.2) is 42.6 Å². The van der Waals surface area contributed by atoms with Crippen molar-refractivity contribution in [1.82, 2.24) is 10.3 Å². The lowest BCUT2D eigenvalue weighted by molar-refractivity contribution is -0.120.